The number of nitrogens with zero attached hydrogens (tertiary/aromatic N) is 1. The predicted octanol–water partition coefficient (Wildman–Crippen LogP) is 2.75. The minimum Gasteiger partial charge on any atom is -0.332 e. The fraction of sp³-hybridized carbons (Fsp3) is 0.533. The smallest absolute Gasteiger partial charge is 0.223 e. The number of hydrogen-bond acceptors (Lipinski definition) is 2. The molecule has 0 saturated carbocycles. The summed E-state index contributed by atoms with van der Waals surface area (Å²) in [6, 6.07) is 3.04. The van der Waals surface area contributed by atoms with Crippen LogP contribution < -0.4 is 5.73 Å². The molecule has 5 heteroatoms. The minimum absolute atomic E-state index is 0.0164. The van der Waals surface area contributed by atoms with Gasteiger partial charge in [-0.3, -0.25) is 4.79 Å². The topological polar surface area (TPSA) is 46.3 Å². The molecule has 2 atom stereocenters. The third-order valence-corrected chi connectivity index (χ3v) is 3.76. The minimum atomic E-state index is -0.907. The van der Waals surface area contributed by atoms with Gasteiger partial charge in [0, 0.05) is 18.5 Å². The SMILES string of the molecule is CC(C)N1C(=O)CCCC(N)C1c1ccc(F)c(F)c1. The van der Waals surface area contributed by atoms with Crippen molar-refractivity contribution in [3.63, 3.8) is 0 Å². The van der Waals surface area contributed by atoms with Crippen molar-refractivity contribution in [3.05, 3.63) is 35.4 Å². The van der Waals surface area contributed by atoms with Crippen molar-refractivity contribution in [1.82, 2.24) is 4.90 Å². The van der Waals surface area contributed by atoms with Crippen LogP contribution in [-0.2, 0) is 4.79 Å². The molecule has 1 aliphatic heterocycles. The Hall–Kier alpha value is -1.49. The van der Waals surface area contributed by atoms with E-state index in [0.29, 0.717) is 18.4 Å². The lowest BCUT2D eigenvalue weighted by Crippen LogP contribution is -2.45. The van der Waals surface area contributed by atoms with Crippen LogP contribution in [0.3, 0.4) is 0 Å². The predicted molar refractivity (Wildman–Crippen MR) is 72.9 cm³/mol. The van der Waals surface area contributed by atoms with E-state index in [2.05, 4.69) is 0 Å². The first-order chi connectivity index (χ1) is 9.41. The number of rotatable bonds is 2. The molecule has 1 aliphatic rings. The van der Waals surface area contributed by atoms with E-state index in [1.165, 1.54) is 6.07 Å². The van der Waals surface area contributed by atoms with Gasteiger partial charge in [-0.2, -0.15) is 0 Å². The van der Waals surface area contributed by atoms with Crippen LogP contribution in [0, 0.1) is 11.6 Å². The first kappa shape index (κ1) is 14.9. The Morgan fingerprint density at radius 1 is 1.30 bits per heavy atom. The molecule has 2 rings (SSSR count). The zero-order chi connectivity index (χ0) is 14.9. The molecule has 1 saturated heterocycles. The Balaban J connectivity index is 2.45. The summed E-state index contributed by atoms with van der Waals surface area (Å²) in [6.07, 6.45) is 1.87. The molecule has 1 heterocycles. The Morgan fingerprint density at radius 3 is 2.60 bits per heavy atom. The van der Waals surface area contributed by atoms with Crippen LogP contribution >= 0.6 is 0 Å². The molecule has 110 valence electrons. The summed E-state index contributed by atoms with van der Waals surface area (Å²) in [5.74, 6) is -1.78. The third-order valence-electron chi connectivity index (χ3n) is 3.76. The van der Waals surface area contributed by atoms with E-state index in [1.54, 1.807) is 4.90 Å². The Bertz CT molecular complexity index is 505. The standard InChI is InChI=1S/C15H20F2N2O/c1-9(2)19-14(20)5-3-4-13(18)15(19)10-6-7-11(16)12(17)8-10/h6-9,13,15H,3-5,18H2,1-2H3. The van der Waals surface area contributed by atoms with Crippen molar-refractivity contribution in [2.24, 2.45) is 5.73 Å². The van der Waals surface area contributed by atoms with Crippen molar-refractivity contribution in [1.29, 1.82) is 0 Å². The average Bonchev–Trinajstić information content (AvgIpc) is 2.52. The number of benzene rings is 1. The van der Waals surface area contributed by atoms with Crippen LogP contribution in [0.4, 0.5) is 8.78 Å². The van der Waals surface area contributed by atoms with E-state index in [-0.39, 0.29) is 18.0 Å². The number of likely N-dealkylation sites (tertiary alicyclic amines) is 1. The highest BCUT2D eigenvalue weighted by Crippen LogP contribution is 2.32. The summed E-state index contributed by atoms with van der Waals surface area (Å²) in [7, 11) is 0. The van der Waals surface area contributed by atoms with Crippen LogP contribution in [0.5, 0.6) is 0 Å². The summed E-state index contributed by atoms with van der Waals surface area (Å²) >= 11 is 0. The molecule has 1 aromatic rings. The summed E-state index contributed by atoms with van der Waals surface area (Å²) < 4.78 is 26.6. The molecule has 3 nitrogen and oxygen atoms in total. The highest BCUT2D eigenvalue weighted by Gasteiger charge is 2.34. The summed E-state index contributed by atoms with van der Waals surface area (Å²) in [6.45, 7) is 3.81. The lowest BCUT2D eigenvalue weighted by Gasteiger charge is -2.37. The quantitative estimate of drug-likeness (QED) is 0.906. The van der Waals surface area contributed by atoms with Crippen molar-refractivity contribution >= 4 is 5.91 Å². The summed E-state index contributed by atoms with van der Waals surface area (Å²) in [4.78, 5) is 13.9. The van der Waals surface area contributed by atoms with Crippen LogP contribution in [0.2, 0.25) is 0 Å². The normalized spacial score (nSPS) is 24.1. The fourth-order valence-corrected chi connectivity index (χ4v) is 2.85. The van der Waals surface area contributed by atoms with E-state index in [0.717, 1.165) is 18.6 Å². The largest absolute Gasteiger partial charge is 0.332 e. The molecule has 2 N–H and O–H groups in total. The molecule has 0 spiro atoms. The molecule has 1 aromatic carbocycles. The molecule has 0 aliphatic carbocycles. The number of nitrogens with two attached hydrogens (primary N) is 1. The van der Waals surface area contributed by atoms with Gasteiger partial charge in [-0.1, -0.05) is 6.07 Å². The average molecular weight is 282 g/mol. The van der Waals surface area contributed by atoms with Gasteiger partial charge in [0.05, 0.1) is 6.04 Å². The second-order valence-electron chi connectivity index (χ2n) is 5.57. The molecule has 0 aromatic heterocycles. The van der Waals surface area contributed by atoms with Crippen molar-refractivity contribution < 1.29 is 13.6 Å². The van der Waals surface area contributed by atoms with E-state index >= 15 is 0 Å². The monoisotopic (exact) mass is 282 g/mol. The molecular formula is C15H20F2N2O. The second kappa shape index (κ2) is 5.87. The maximum Gasteiger partial charge on any atom is 0.223 e. The molecule has 2 unspecified atom stereocenters. The number of carbonyl (C=O) groups excluding carboxylic acids is 1. The van der Waals surface area contributed by atoms with Gasteiger partial charge in [0.2, 0.25) is 5.91 Å². The molecule has 0 bridgehead atoms. The van der Waals surface area contributed by atoms with Gasteiger partial charge in [-0.25, -0.2) is 8.78 Å². The zero-order valence-corrected chi connectivity index (χ0v) is 11.8. The Morgan fingerprint density at radius 2 is 2.00 bits per heavy atom. The van der Waals surface area contributed by atoms with Crippen LogP contribution in [0.25, 0.3) is 0 Å². The van der Waals surface area contributed by atoms with Gasteiger partial charge >= 0.3 is 0 Å². The van der Waals surface area contributed by atoms with E-state index < -0.39 is 17.7 Å². The highest BCUT2D eigenvalue weighted by molar-refractivity contribution is 5.77. The molecule has 1 amide bonds. The van der Waals surface area contributed by atoms with Crippen molar-refractivity contribution in [3.8, 4) is 0 Å². The van der Waals surface area contributed by atoms with Gasteiger partial charge in [-0.05, 0) is 44.4 Å². The van der Waals surface area contributed by atoms with E-state index in [4.69, 9.17) is 5.73 Å². The van der Waals surface area contributed by atoms with Crippen LogP contribution in [0.1, 0.15) is 44.7 Å². The van der Waals surface area contributed by atoms with Crippen molar-refractivity contribution in [2.75, 3.05) is 0 Å². The lowest BCUT2D eigenvalue weighted by molar-refractivity contribution is -0.135. The first-order valence-electron chi connectivity index (χ1n) is 6.93. The van der Waals surface area contributed by atoms with Gasteiger partial charge in [-0.15, -0.1) is 0 Å². The fourth-order valence-electron chi connectivity index (χ4n) is 2.85. The van der Waals surface area contributed by atoms with Gasteiger partial charge in [0.25, 0.3) is 0 Å². The molecular weight excluding hydrogens is 262 g/mol. The number of hydrogen-bond donors (Lipinski definition) is 1. The van der Waals surface area contributed by atoms with Gasteiger partial charge < -0.3 is 10.6 Å². The lowest BCUT2D eigenvalue weighted by atomic mass is 9.95. The van der Waals surface area contributed by atoms with E-state index in [1.807, 2.05) is 13.8 Å². The maximum atomic E-state index is 13.5. The molecule has 0 radical (unpaired) electrons. The zero-order valence-electron chi connectivity index (χ0n) is 11.8. The number of amides is 1. The number of carbonyl (C=O) groups is 1. The highest BCUT2D eigenvalue weighted by atomic mass is 19.2. The molecule has 20 heavy (non-hydrogen) atoms. The first-order valence-corrected chi connectivity index (χ1v) is 6.93. The maximum absolute atomic E-state index is 13.5. The van der Waals surface area contributed by atoms with Gasteiger partial charge in [0.1, 0.15) is 0 Å². The second-order valence-corrected chi connectivity index (χ2v) is 5.57. The van der Waals surface area contributed by atoms with E-state index in [9.17, 15) is 13.6 Å². The number of halogens is 2. The summed E-state index contributed by atoms with van der Waals surface area (Å²) in [5.41, 5.74) is 6.74. The molecule has 1 fully saturated rings. The van der Waals surface area contributed by atoms with Crippen LogP contribution in [-0.4, -0.2) is 22.9 Å². The van der Waals surface area contributed by atoms with Crippen LogP contribution in [0.15, 0.2) is 18.2 Å². The van der Waals surface area contributed by atoms with Crippen molar-refractivity contribution in [2.45, 2.75) is 51.2 Å². The third kappa shape index (κ3) is 2.82. The van der Waals surface area contributed by atoms with Gasteiger partial charge in [0.15, 0.2) is 11.6 Å². The summed E-state index contributed by atoms with van der Waals surface area (Å²) in [5, 5.41) is 0. The Labute approximate surface area is 117 Å². The Kier molecular flexibility index (Phi) is 4.38.